The molecule has 0 spiro atoms. The highest BCUT2D eigenvalue weighted by molar-refractivity contribution is 5.89. The van der Waals surface area contributed by atoms with E-state index < -0.39 is 5.97 Å². The highest BCUT2D eigenvalue weighted by atomic mass is 16.5. The summed E-state index contributed by atoms with van der Waals surface area (Å²) in [6, 6.07) is 14.2. The van der Waals surface area contributed by atoms with Crippen LogP contribution in [0, 0.1) is 0 Å². The highest BCUT2D eigenvalue weighted by Crippen LogP contribution is 2.20. The predicted octanol–water partition coefficient (Wildman–Crippen LogP) is 3.68. The Morgan fingerprint density at radius 3 is 2.33 bits per heavy atom. The van der Waals surface area contributed by atoms with E-state index in [2.05, 4.69) is 0 Å². The minimum absolute atomic E-state index is 0.133. The first-order valence-electron chi connectivity index (χ1n) is 7.57. The fourth-order valence-corrected chi connectivity index (χ4v) is 2.26. The number of methoxy groups -OCH3 is 1. The van der Waals surface area contributed by atoms with E-state index in [9.17, 15) is 9.59 Å². The number of hydrogen-bond acceptors (Lipinski definition) is 5. The van der Waals surface area contributed by atoms with E-state index in [1.807, 2.05) is 24.3 Å². The van der Waals surface area contributed by atoms with E-state index in [0.717, 1.165) is 11.1 Å². The molecule has 0 aromatic heterocycles. The molecule has 0 aliphatic rings. The molecule has 2 aromatic carbocycles. The molecule has 5 nitrogen and oxygen atoms in total. The molecule has 1 unspecified atom stereocenters. The van der Waals surface area contributed by atoms with Crippen molar-refractivity contribution in [2.45, 2.75) is 26.6 Å². The van der Waals surface area contributed by atoms with Gasteiger partial charge >= 0.3 is 11.9 Å². The highest BCUT2D eigenvalue weighted by Gasteiger charge is 2.12. The van der Waals surface area contributed by atoms with Crippen LogP contribution in [0.3, 0.4) is 0 Å². The summed E-state index contributed by atoms with van der Waals surface area (Å²) in [6.07, 6.45) is -0.360. The second-order valence-corrected chi connectivity index (χ2v) is 5.26. The van der Waals surface area contributed by atoms with Crippen LogP contribution in [0.15, 0.2) is 48.5 Å². The van der Waals surface area contributed by atoms with Gasteiger partial charge in [0, 0.05) is 12.5 Å². The third kappa shape index (κ3) is 4.59. The molecule has 2 rings (SSSR count). The van der Waals surface area contributed by atoms with Crippen LogP contribution in [0.5, 0.6) is 5.75 Å². The Labute approximate surface area is 141 Å². The topological polar surface area (TPSA) is 61.8 Å². The number of esters is 2. The van der Waals surface area contributed by atoms with Crippen LogP contribution in [0.25, 0.3) is 0 Å². The van der Waals surface area contributed by atoms with Gasteiger partial charge in [0.2, 0.25) is 0 Å². The standard InChI is InChI=1S/C19H20O5/c1-13(24-14(2)20)15-8-10-16(11-9-15)19(21)23-12-17-6-4-5-7-18(17)22-3/h4-11,13H,12H2,1-3H3. The van der Waals surface area contributed by atoms with Crippen LogP contribution in [0.4, 0.5) is 0 Å². The zero-order chi connectivity index (χ0) is 17.5. The molecule has 0 radical (unpaired) electrons. The number of carbonyl (C=O) groups excluding carboxylic acids is 2. The van der Waals surface area contributed by atoms with Crippen molar-refractivity contribution in [1.29, 1.82) is 0 Å². The molecule has 0 saturated heterocycles. The Morgan fingerprint density at radius 1 is 1.04 bits per heavy atom. The number of ether oxygens (including phenoxy) is 3. The van der Waals surface area contributed by atoms with Gasteiger partial charge in [0.25, 0.3) is 0 Å². The van der Waals surface area contributed by atoms with Gasteiger partial charge in [-0.05, 0) is 30.7 Å². The van der Waals surface area contributed by atoms with Crippen molar-refractivity contribution >= 4 is 11.9 Å². The number of benzene rings is 2. The van der Waals surface area contributed by atoms with Gasteiger partial charge in [0.15, 0.2) is 0 Å². The van der Waals surface area contributed by atoms with Crippen LogP contribution in [0.2, 0.25) is 0 Å². The molecule has 0 N–H and O–H groups in total. The second-order valence-electron chi connectivity index (χ2n) is 5.26. The van der Waals surface area contributed by atoms with E-state index in [1.165, 1.54) is 6.92 Å². The Hall–Kier alpha value is -2.82. The van der Waals surface area contributed by atoms with Gasteiger partial charge < -0.3 is 14.2 Å². The first-order chi connectivity index (χ1) is 11.5. The van der Waals surface area contributed by atoms with Crippen molar-refractivity contribution in [3.8, 4) is 5.75 Å². The molecule has 24 heavy (non-hydrogen) atoms. The van der Waals surface area contributed by atoms with Crippen LogP contribution in [-0.4, -0.2) is 19.0 Å². The third-order valence-corrected chi connectivity index (χ3v) is 3.51. The van der Waals surface area contributed by atoms with Crippen molar-refractivity contribution in [1.82, 2.24) is 0 Å². The molecule has 0 bridgehead atoms. The first kappa shape index (κ1) is 17.5. The lowest BCUT2D eigenvalue weighted by molar-refractivity contribution is -0.145. The van der Waals surface area contributed by atoms with Crippen molar-refractivity contribution in [3.63, 3.8) is 0 Å². The largest absolute Gasteiger partial charge is 0.496 e. The number of para-hydroxylation sites is 1. The Bertz CT molecular complexity index is 706. The summed E-state index contributed by atoms with van der Waals surface area (Å²) >= 11 is 0. The van der Waals surface area contributed by atoms with Crippen LogP contribution in [-0.2, 0) is 20.9 Å². The number of hydrogen-bond donors (Lipinski definition) is 0. The van der Waals surface area contributed by atoms with E-state index in [4.69, 9.17) is 14.2 Å². The zero-order valence-electron chi connectivity index (χ0n) is 13.9. The Balaban J connectivity index is 1.99. The molecule has 0 amide bonds. The van der Waals surface area contributed by atoms with E-state index >= 15 is 0 Å². The van der Waals surface area contributed by atoms with E-state index in [1.54, 1.807) is 38.3 Å². The SMILES string of the molecule is COc1ccccc1COC(=O)c1ccc(C(C)OC(C)=O)cc1. The third-order valence-electron chi connectivity index (χ3n) is 3.51. The molecule has 1 atom stereocenters. The smallest absolute Gasteiger partial charge is 0.338 e. The average Bonchev–Trinajstić information content (AvgIpc) is 2.59. The lowest BCUT2D eigenvalue weighted by Crippen LogP contribution is -2.08. The normalized spacial score (nSPS) is 11.5. The van der Waals surface area contributed by atoms with Crippen molar-refractivity contribution in [2.75, 3.05) is 7.11 Å². The van der Waals surface area contributed by atoms with Gasteiger partial charge in [-0.25, -0.2) is 4.79 Å². The van der Waals surface area contributed by atoms with Crippen LogP contribution in [0.1, 0.15) is 41.4 Å². The number of rotatable bonds is 6. The summed E-state index contributed by atoms with van der Waals surface area (Å²) in [6.45, 7) is 3.27. The van der Waals surface area contributed by atoms with Crippen molar-refractivity contribution < 1.29 is 23.8 Å². The molecule has 0 aliphatic carbocycles. The molecule has 2 aromatic rings. The maximum atomic E-state index is 12.1. The summed E-state index contributed by atoms with van der Waals surface area (Å²) in [7, 11) is 1.57. The molecular formula is C19H20O5. The average molecular weight is 328 g/mol. The van der Waals surface area contributed by atoms with E-state index in [-0.39, 0.29) is 18.7 Å². The lowest BCUT2D eigenvalue weighted by atomic mass is 10.1. The fourth-order valence-electron chi connectivity index (χ4n) is 2.26. The van der Waals surface area contributed by atoms with Gasteiger partial charge in [-0.3, -0.25) is 4.79 Å². The predicted molar refractivity (Wildman–Crippen MR) is 88.7 cm³/mol. The molecule has 0 fully saturated rings. The molecule has 0 aliphatic heterocycles. The van der Waals surface area contributed by atoms with Crippen molar-refractivity contribution in [3.05, 3.63) is 65.2 Å². The van der Waals surface area contributed by atoms with Crippen LogP contribution >= 0.6 is 0 Å². The monoisotopic (exact) mass is 328 g/mol. The summed E-state index contributed by atoms with van der Waals surface area (Å²) in [5, 5.41) is 0. The van der Waals surface area contributed by atoms with Gasteiger partial charge in [-0.2, -0.15) is 0 Å². The Kier molecular flexibility index (Phi) is 5.95. The first-order valence-corrected chi connectivity index (χ1v) is 7.57. The maximum Gasteiger partial charge on any atom is 0.338 e. The van der Waals surface area contributed by atoms with Gasteiger partial charge in [-0.15, -0.1) is 0 Å². The molecular weight excluding hydrogens is 308 g/mol. The van der Waals surface area contributed by atoms with Crippen molar-refractivity contribution in [2.24, 2.45) is 0 Å². The van der Waals surface area contributed by atoms with Gasteiger partial charge in [0.1, 0.15) is 18.5 Å². The van der Waals surface area contributed by atoms with Gasteiger partial charge in [0.05, 0.1) is 12.7 Å². The molecule has 126 valence electrons. The summed E-state index contributed by atoms with van der Waals surface area (Å²) < 4.78 is 15.6. The quantitative estimate of drug-likeness (QED) is 0.757. The lowest BCUT2D eigenvalue weighted by Gasteiger charge is -2.13. The Morgan fingerprint density at radius 2 is 1.71 bits per heavy atom. The fraction of sp³-hybridized carbons (Fsp3) is 0.263. The molecule has 0 heterocycles. The summed E-state index contributed by atoms with van der Waals surface area (Å²) in [5.41, 5.74) is 2.05. The van der Waals surface area contributed by atoms with Crippen LogP contribution < -0.4 is 4.74 Å². The maximum absolute atomic E-state index is 12.1. The summed E-state index contributed by atoms with van der Waals surface area (Å²) in [4.78, 5) is 23.1. The second kappa shape index (κ2) is 8.15. The van der Waals surface area contributed by atoms with E-state index in [0.29, 0.717) is 11.3 Å². The molecule has 5 heteroatoms. The zero-order valence-corrected chi connectivity index (χ0v) is 13.9. The number of carbonyl (C=O) groups is 2. The molecule has 0 saturated carbocycles. The van der Waals surface area contributed by atoms with Gasteiger partial charge in [-0.1, -0.05) is 30.3 Å². The summed E-state index contributed by atoms with van der Waals surface area (Å²) in [5.74, 6) is -0.0914. The minimum atomic E-state index is -0.424. The minimum Gasteiger partial charge on any atom is -0.496 e.